The highest BCUT2D eigenvalue weighted by atomic mass is 16.4. The molecule has 0 heterocycles. The zero-order valence-corrected chi connectivity index (χ0v) is 5.61. The second-order valence-electron chi connectivity index (χ2n) is 1.73. The molecule has 0 saturated heterocycles. The third-order valence-corrected chi connectivity index (χ3v) is 1.12. The Morgan fingerprint density at radius 2 is 2.30 bits per heavy atom. The van der Waals surface area contributed by atoms with Crippen LogP contribution in [0.2, 0.25) is 0 Å². The van der Waals surface area contributed by atoms with Crippen molar-refractivity contribution in [1.29, 1.82) is 0 Å². The second-order valence-corrected chi connectivity index (χ2v) is 1.73. The first kappa shape index (κ1) is 8.68. The summed E-state index contributed by atoms with van der Waals surface area (Å²) in [7, 11) is 0. The Morgan fingerprint density at radius 3 is 2.40 bits per heavy atom. The van der Waals surface area contributed by atoms with Gasteiger partial charge in [-0.1, -0.05) is 6.58 Å². The predicted octanol–water partition coefficient (Wildman–Crippen LogP) is -1.27. The molecule has 0 rings (SSSR count). The summed E-state index contributed by atoms with van der Waals surface area (Å²) in [5, 5.41) is 10.1. The normalized spacial score (nSPS) is 11.7. The maximum atomic E-state index is 10.1. The molecule has 0 aromatic heterocycles. The lowest BCUT2D eigenvalue weighted by atomic mass is 10.3. The van der Waals surface area contributed by atoms with E-state index in [0.29, 0.717) is 6.41 Å². The molecule has 0 fully saturated rings. The molecule has 1 amide bonds. The summed E-state index contributed by atoms with van der Waals surface area (Å²) < 4.78 is 0. The molecule has 1 unspecified atom stereocenters. The van der Waals surface area contributed by atoms with Crippen LogP contribution in [0, 0.1) is 0 Å². The highest BCUT2D eigenvalue weighted by Crippen LogP contribution is 1.92. The first-order chi connectivity index (χ1) is 4.63. The maximum absolute atomic E-state index is 10.1. The van der Waals surface area contributed by atoms with Gasteiger partial charge in [-0.05, 0) is 6.92 Å². The first-order valence-electron chi connectivity index (χ1n) is 2.69. The summed E-state index contributed by atoms with van der Waals surface area (Å²) in [6, 6.07) is -0.949. The number of hydrogen-bond acceptors (Lipinski definition) is 3. The van der Waals surface area contributed by atoms with Crippen molar-refractivity contribution < 1.29 is 14.7 Å². The summed E-state index contributed by atoms with van der Waals surface area (Å²) in [6.45, 7) is 4.58. The quantitative estimate of drug-likeness (QED) is 0.460. The van der Waals surface area contributed by atoms with E-state index in [9.17, 15) is 14.7 Å². The summed E-state index contributed by atoms with van der Waals surface area (Å²) in [4.78, 5) is 21.1. The van der Waals surface area contributed by atoms with Crippen LogP contribution in [0.25, 0.3) is 0 Å². The third-order valence-electron chi connectivity index (χ3n) is 1.12. The van der Waals surface area contributed by atoms with E-state index in [2.05, 4.69) is 6.58 Å². The highest BCUT2D eigenvalue weighted by Gasteiger charge is 2.07. The largest absolute Gasteiger partial charge is 0.548 e. The molecule has 0 radical (unpaired) electrons. The molecule has 0 N–H and O–H groups in total. The summed E-state index contributed by atoms with van der Waals surface area (Å²) in [5.41, 5.74) is 0. The Kier molecular flexibility index (Phi) is 3.17. The molecule has 0 aliphatic carbocycles. The molecule has 0 aliphatic heterocycles. The Balaban J connectivity index is 4.13. The van der Waals surface area contributed by atoms with Gasteiger partial charge in [0, 0.05) is 6.20 Å². The van der Waals surface area contributed by atoms with Crippen LogP contribution >= 0.6 is 0 Å². The van der Waals surface area contributed by atoms with Gasteiger partial charge in [-0.15, -0.1) is 0 Å². The number of amides is 1. The van der Waals surface area contributed by atoms with E-state index >= 15 is 0 Å². The van der Waals surface area contributed by atoms with Gasteiger partial charge in [0.05, 0.1) is 12.0 Å². The zero-order chi connectivity index (χ0) is 8.15. The fourth-order valence-electron chi connectivity index (χ4n) is 0.414. The van der Waals surface area contributed by atoms with Gasteiger partial charge in [0.1, 0.15) is 0 Å². The summed E-state index contributed by atoms with van der Waals surface area (Å²) in [6.07, 6.45) is 1.51. The average Bonchev–Trinajstić information content (AvgIpc) is 1.90. The van der Waals surface area contributed by atoms with Crippen LogP contribution in [0.1, 0.15) is 6.92 Å². The van der Waals surface area contributed by atoms with E-state index in [1.807, 2.05) is 0 Å². The average molecular weight is 142 g/mol. The topological polar surface area (TPSA) is 60.4 Å². The standard InChI is InChI=1S/C6H9NO3/c1-3-7(4-8)5(2)6(9)10/h3-5H,1H2,2H3,(H,9,10)/p-1. The Labute approximate surface area is 58.8 Å². The fourth-order valence-corrected chi connectivity index (χ4v) is 0.414. The SMILES string of the molecule is C=CN(C=O)C(C)C(=O)[O-]. The van der Waals surface area contributed by atoms with Crippen molar-refractivity contribution in [3.8, 4) is 0 Å². The van der Waals surface area contributed by atoms with Gasteiger partial charge in [-0.25, -0.2) is 0 Å². The van der Waals surface area contributed by atoms with Crippen LogP contribution in [0.4, 0.5) is 0 Å². The number of hydrogen-bond donors (Lipinski definition) is 0. The van der Waals surface area contributed by atoms with Crippen LogP contribution in [0.15, 0.2) is 12.8 Å². The van der Waals surface area contributed by atoms with Gasteiger partial charge in [0.15, 0.2) is 0 Å². The number of aliphatic carboxylic acids is 1. The van der Waals surface area contributed by atoms with E-state index in [1.165, 1.54) is 6.92 Å². The molecule has 0 aliphatic rings. The van der Waals surface area contributed by atoms with Gasteiger partial charge >= 0.3 is 0 Å². The van der Waals surface area contributed by atoms with Crippen molar-refractivity contribution in [3.05, 3.63) is 12.8 Å². The number of nitrogens with zero attached hydrogens (tertiary/aromatic N) is 1. The molecule has 4 heteroatoms. The molecule has 4 nitrogen and oxygen atoms in total. The molecule has 0 aromatic carbocycles. The molecular formula is C6H8NO3-. The molecule has 0 bridgehead atoms. The molecule has 0 saturated carbocycles. The van der Waals surface area contributed by atoms with Crippen molar-refractivity contribution in [1.82, 2.24) is 4.90 Å². The van der Waals surface area contributed by atoms with E-state index in [1.54, 1.807) is 0 Å². The van der Waals surface area contributed by atoms with Crippen molar-refractivity contribution in [2.75, 3.05) is 0 Å². The van der Waals surface area contributed by atoms with E-state index in [-0.39, 0.29) is 0 Å². The molecule has 0 aromatic rings. The van der Waals surface area contributed by atoms with Crippen LogP contribution < -0.4 is 5.11 Å². The number of carbonyl (C=O) groups is 2. The molecule has 1 atom stereocenters. The van der Waals surface area contributed by atoms with Crippen LogP contribution in [0.3, 0.4) is 0 Å². The number of carbonyl (C=O) groups excluding carboxylic acids is 2. The van der Waals surface area contributed by atoms with Gasteiger partial charge in [-0.2, -0.15) is 0 Å². The smallest absolute Gasteiger partial charge is 0.214 e. The van der Waals surface area contributed by atoms with E-state index in [0.717, 1.165) is 11.1 Å². The van der Waals surface area contributed by atoms with Gasteiger partial charge in [-0.3, -0.25) is 4.79 Å². The van der Waals surface area contributed by atoms with Crippen LogP contribution in [-0.4, -0.2) is 23.3 Å². The third kappa shape index (κ3) is 1.89. The number of rotatable bonds is 4. The monoisotopic (exact) mass is 142 g/mol. The minimum Gasteiger partial charge on any atom is -0.548 e. The second kappa shape index (κ2) is 3.66. The minimum absolute atomic E-state index is 0.382. The van der Waals surface area contributed by atoms with Crippen molar-refractivity contribution >= 4 is 12.4 Å². The summed E-state index contributed by atoms with van der Waals surface area (Å²) >= 11 is 0. The number of carboxylic acid groups (broad SMARTS) is 1. The Hall–Kier alpha value is -1.32. The first-order valence-corrected chi connectivity index (χ1v) is 2.69. The lowest BCUT2D eigenvalue weighted by Gasteiger charge is -2.20. The molecule has 10 heavy (non-hydrogen) atoms. The highest BCUT2D eigenvalue weighted by molar-refractivity contribution is 5.74. The van der Waals surface area contributed by atoms with Crippen LogP contribution in [-0.2, 0) is 9.59 Å². The Bertz CT molecular complexity index is 147. The van der Waals surface area contributed by atoms with Gasteiger partial charge < -0.3 is 14.8 Å². The van der Waals surface area contributed by atoms with E-state index < -0.39 is 12.0 Å². The maximum Gasteiger partial charge on any atom is 0.214 e. The molecule has 0 spiro atoms. The van der Waals surface area contributed by atoms with Crippen molar-refractivity contribution in [3.63, 3.8) is 0 Å². The Morgan fingerprint density at radius 1 is 1.80 bits per heavy atom. The minimum atomic E-state index is -1.30. The van der Waals surface area contributed by atoms with E-state index in [4.69, 9.17) is 0 Å². The lowest BCUT2D eigenvalue weighted by Crippen LogP contribution is -2.43. The van der Waals surface area contributed by atoms with Crippen molar-refractivity contribution in [2.24, 2.45) is 0 Å². The van der Waals surface area contributed by atoms with Gasteiger partial charge in [0.25, 0.3) is 0 Å². The van der Waals surface area contributed by atoms with Gasteiger partial charge in [0.2, 0.25) is 6.41 Å². The molecular weight excluding hydrogens is 134 g/mol. The zero-order valence-electron chi connectivity index (χ0n) is 5.61. The molecule has 56 valence electrons. The lowest BCUT2D eigenvalue weighted by molar-refractivity contribution is -0.309. The number of carboxylic acids is 1. The predicted molar refractivity (Wildman–Crippen MR) is 32.6 cm³/mol. The van der Waals surface area contributed by atoms with Crippen LogP contribution in [0.5, 0.6) is 0 Å². The van der Waals surface area contributed by atoms with Crippen molar-refractivity contribution in [2.45, 2.75) is 13.0 Å². The fraction of sp³-hybridized carbons (Fsp3) is 0.333. The summed E-state index contributed by atoms with van der Waals surface area (Å²) in [5.74, 6) is -1.30.